The van der Waals surface area contributed by atoms with Crippen molar-refractivity contribution in [3.8, 4) is 0 Å². The molecule has 0 aromatic carbocycles. The maximum absolute atomic E-state index is 4.26. The van der Waals surface area contributed by atoms with Crippen molar-refractivity contribution in [1.82, 2.24) is 10.3 Å². The molecule has 0 aliphatic heterocycles. The van der Waals surface area contributed by atoms with Crippen LogP contribution < -0.4 is 5.32 Å². The summed E-state index contributed by atoms with van der Waals surface area (Å²) in [6.07, 6.45) is 0. The summed E-state index contributed by atoms with van der Waals surface area (Å²) < 4.78 is 0. The molecule has 3 heteroatoms. The molecule has 9 heavy (non-hydrogen) atoms. The molecule has 0 saturated carbocycles. The lowest BCUT2D eigenvalue weighted by molar-refractivity contribution is 0.807. The van der Waals surface area contributed by atoms with Crippen LogP contribution in [0, 0.1) is 6.92 Å². The molecule has 1 aromatic heterocycles. The molecule has 0 aliphatic rings. The molecule has 0 spiro atoms. The summed E-state index contributed by atoms with van der Waals surface area (Å²) in [5.41, 5.74) is 1.12. The van der Waals surface area contributed by atoms with E-state index in [1.807, 2.05) is 14.0 Å². The molecule has 2 nitrogen and oxygen atoms in total. The predicted octanol–water partition coefficient (Wildman–Crippen LogP) is 1.17. The number of rotatable bonds is 2. The first-order valence-electron chi connectivity index (χ1n) is 2.88. The second-order valence-electron chi connectivity index (χ2n) is 1.91. The van der Waals surface area contributed by atoms with Gasteiger partial charge in [-0.05, 0) is 14.0 Å². The number of nitrogens with one attached hydrogen (secondary N) is 1. The van der Waals surface area contributed by atoms with Gasteiger partial charge in [-0.3, -0.25) is 0 Å². The number of thiazole rings is 1. The van der Waals surface area contributed by atoms with Crippen LogP contribution in [0.5, 0.6) is 0 Å². The molecule has 1 rings (SSSR count). The van der Waals surface area contributed by atoms with Gasteiger partial charge in [0.2, 0.25) is 0 Å². The minimum atomic E-state index is 0.887. The third-order valence-corrected chi connectivity index (χ3v) is 1.96. The molecule has 1 heterocycles. The summed E-state index contributed by atoms with van der Waals surface area (Å²) in [7, 11) is 1.93. The van der Waals surface area contributed by atoms with Gasteiger partial charge >= 0.3 is 0 Å². The molecule has 50 valence electrons. The van der Waals surface area contributed by atoms with Gasteiger partial charge in [-0.1, -0.05) is 0 Å². The van der Waals surface area contributed by atoms with Gasteiger partial charge in [0.1, 0.15) is 5.01 Å². The van der Waals surface area contributed by atoms with E-state index < -0.39 is 0 Å². The topological polar surface area (TPSA) is 24.9 Å². The number of aromatic nitrogens is 1. The molecule has 0 saturated heterocycles. The van der Waals surface area contributed by atoms with Crippen LogP contribution >= 0.6 is 11.3 Å². The zero-order chi connectivity index (χ0) is 6.69. The molecule has 0 atom stereocenters. The van der Waals surface area contributed by atoms with Crippen LogP contribution in [-0.4, -0.2) is 12.0 Å². The van der Waals surface area contributed by atoms with Crippen LogP contribution in [0.25, 0.3) is 0 Å². The Bertz CT molecular complexity index is 183. The van der Waals surface area contributed by atoms with Crippen molar-refractivity contribution in [2.45, 2.75) is 13.5 Å². The van der Waals surface area contributed by atoms with E-state index in [1.165, 1.54) is 0 Å². The molecule has 0 amide bonds. The Labute approximate surface area is 58.9 Å². The molecule has 1 aromatic rings. The highest BCUT2D eigenvalue weighted by atomic mass is 32.1. The van der Waals surface area contributed by atoms with Crippen molar-refractivity contribution in [3.05, 3.63) is 16.1 Å². The van der Waals surface area contributed by atoms with Crippen molar-refractivity contribution in [2.75, 3.05) is 7.05 Å². The van der Waals surface area contributed by atoms with Crippen LogP contribution in [0.1, 0.15) is 10.7 Å². The zero-order valence-electron chi connectivity index (χ0n) is 5.64. The average Bonchev–Trinajstić information content (AvgIpc) is 2.17. The maximum Gasteiger partial charge on any atom is 0.107 e. The Kier molecular flexibility index (Phi) is 2.19. The summed E-state index contributed by atoms with van der Waals surface area (Å²) in [6, 6.07) is 0. The quantitative estimate of drug-likeness (QED) is 0.670. The van der Waals surface area contributed by atoms with E-state index in [4.69, 9.17) is 0 Å². The average molecular weight is 142 g/mol. The Morgan fingerprint density at radius 1 is 1.78 bits per heavy atom. The zero-order valence-corrected chi connectivity index (χ0v) is 6.46. The summed E-state index contributed by atoms with van der Waals surface area (Å²) in [5, 5.41) is 6.27. The molecular formula is C6H10N2S. The minimum Gasteiger partial charge on any atom is -0.314 e. The van der Waals surface area contributed by atoms with Gasteiger partial charge < -0.3 is 5.32 Å². The summed E-state index contributed by atoms with van der Waals surface area (Å²) in [5.74, 6) is 0. The molecule has 0 bridgehead atoms. The SMILES string of the molecule is CNCc1nc(C)cs1. The van der Waals surface area contributed by atoms with Gasteiger partial charge in [0, 0.05) is 17.6 Å². The number of hydrogen-bond donors (Lipinski definition) is 1. The first-order chi connectivity index (χ1) is 4.33. The van der Waals surface area contributed by atoms with Crippen LogP contribution in [0.2, 0.25) is 0 Å². The molecular weight excluding hydrogens is 132 g/mol. The highest BCUT2D eigenvalue weighted by Gasteiger charge is 1.93. The van der Waals surface area contributed by atoms with Gasteiger partial charge in [-0.15, -0.1) is 11.3 Å². The van der Waals surface area contributed by atoms with E-state index in [9.17, 15) is 0 Å². The van der Waals surface area contributed by atoms with Gasteiger partial charge in [-0.25, -0.2) is 4.98 Å². The van der Waals surface area contributed by atoms with Gasteiger partial charge in [0.15, 0.2) is 0 Å². The predicted molar refractivity (Wildman–Crippen MR) is 39.6 cm³/mol. The van der Waals surface area contributed by atoms with E-state index in [1.54, 1.807) is 11.3 Å². The Morgan fingerprint density at radius 2 is 2.56 bits per heavy atom. The van der Waals surface area contributed by atoms with E-state index in [0.717, 1.165) is 17.2 Å². The van der Waals surface area contributed by atoms with E-state index >= 15 is 0 Å². The second kappa shape index (κ2) is 2.94. The fourth-order valence-electron chi connectivity index (χ4n) is 0.635. The second-order valence-corrected chi connectivity index (χ2v) is 2.86. The molecule has 1 N–H and O–H groups in total. The Morgan fingerprint density at radius 3 is 3.00 bits per heavy atom. The van der Waals surface area contributed by atoms with E-state index in [0.29, 0.717) is 0 Å². The molecule has 0 aliphatic carbocycles. The lowest BCUT2D eigenvalue weighted by Crippen LogP contribution is -2.04. The highest BCUT2D eigenvalue weighted by molar-refractivity contribution is 7.09. The van der Waals surface area contributed by atoms with Crippen LogP contribution in [0.15, 0.2) is 5.38 Å². The maximum atomic E-state index is 4.26. The van der Waals surface area contributed by atoms with Gasteiger partial charge in [0.25, 0.3) is 0 Å². The fraction of sp³-hybridized carbons (Fsp3) is 0.500. The molecule has 0 fully saturated rings. The van der Waals surface area contributed by atoms with E-state index in [2.05, 4.69) is 15.7 Å². The molecule has 0 radical (unpaired) electrons. The number of nitrogens with zero attached hydrogens (tertiary/aromatic N) is 1. The first kappa shape index (κ1) is 6.71. The smallest absolute Gasteiger partial charge is 0.107 e. The normalized spacial score (nSPS) is 10.0. The van der Waals surface area contributed by atoms with Crippen LogP contribution in [0.3, 0.4) is 0 Å². The number of hydrogen-bond acceptors (Lipinski definition) is 3. The number of aryl methyl sites for hydroxylation is 1. The lowest BCUT2D eigenvalue weighted by atomic mass is 10.6. The van der Waals surface area contributed by atoms with Crippen LogP contribution in [-0.2, 0) is 6.54 Å². The summed E-state index contributed by atoms with van der Waals surface area (Å²) in [4.78, 5) is 4.26. The van der Waals surface area contributed by atoms with Gasteiger partial charge in [-0.2, -0.15) is 0 Å². The molecule has 0 unspecified atom stereocenters. The van der Waals surface area contributed by atoms with Crippen molar-refractivity contribution in [3.63, 3.8) is 0 Å². The van der Waals surface area contributed by atoms with Gasteiger partial charge in [0.05, 0.1) is 0 Å². The monoisotopic (exact) mass is 142 g/mol. The van der Waals surface area contributed by atoms with E-state index in [-0.39, 0.29) is 0 Å². The van der Waals surface area contributed by atoms with Crippen molar-refractivity contribution in [2.24, 2.45) is 0 Å². The van der Waals surface area contributed by atoms with Crippen molar-refractivity contribution < 1.29 is 0 Å². The van der Waals surface area contributed by atoms with Crippen molar-refractivity contribution in [1.29, 1.82) is 0 Å². The third-order valence-electron chi connectivity index (χ3n) is 0.995. The first-order valence-corrected chi connectivity index (χ1v) is 3.76. The fourth-order valence-corrected chi connectivity index (χ4v) is 1.42. The Hall–Kier alpha value is -0.410. The summed E-state index contributed by atoms with van der Waals surface area (Å²) in [6.45, 7) is 2.90. The standard InChI is InChI=1S/C6H10N2S/c1-5-4-9-6(8-5)3-7-2/h4,7H,3H2,1-2H3. The summed E-state index contributed by atoms with van der Waals surface area (Å²) >= 11 is 1.70. The van der Waals surface area contributed by atoms with Crippen molar-refractivity contribution >= 4 is 11.3 Å². The lowest BCUT2D eigenvalue weighted by Gasteiger charge is -1.88. The van der Waals surface area contributed by atoms with Crippen LogP contribution in [0.4, 0.5) is 0 Å². The third kappa shape index (κ3) is 1.77. The highest BCUT2D eigenvalue weighted by Crippen LogP contribution is 2.06. The minimum absolute atomic E-state index is 0.887. The Balaban J connectivity index is 2.61. The largest absolute Gasteiger partial charge is 0.314 e.